The van der Waals surface area contributed by atoms with Crippen LogP contribution in [0.15, 0.2) is 65.2 Å². The zero-order chi connectivity index (χ0) is 21.5. The number of ether oxygens (including phenoxy) is 1. The third-order valence-corrected chi connectivity index (χ3v) is 6.12. The van der Waals surface area contributed by atoms with Crippen LogP contribution in [-0.2, 0) is 6.54 Å². The molecule has 1 aliphatic heterocycles. The average molecular weight is 567 g/mol. The van der Waals surface area contributed by atoms with Crippen LogP contribution in [0.3, 0.4) is 0 Å². The fraction of sp³-hybridized carbons (Fsp3) is 0.304. The largest absolute Gasteiger partial charge is 0.453 e. The van der Waals surface area contributed by atoms with Crippen LogP contribution in [-0.4, -0.2) is 37.1 Å². The van der Waals surface area contributed by atoms with E-state index in [-0.39, 0.29) is 29.7 Å². The van der Waals surface area contributed by atoms with Gasteiger partial charge in [-0.15, -0.1) is 35.3 Å². The number of nitrogens with zero attached hydrogens (tertiary/aromatic N) is 3. The lowest BCUT2D eigenvalue weighted by Crippen LogP contribution is -2.48. The zero-order valence-corrected chi connectivity index (χ0v) is 21.0. The summed E-state index contributed by atoms with van der Waals surface area (Å²) in [6, 6.07) is 13.1. The Kier molecular flexibility index (Phi) is 9.10. The van der Waals surface area contributed by atoms with Crippen LogP contribution < -0.4 is 20.3 Å². The molecule has 0 spiro atoms. The van der Waals surface area contributed by atoms with Gasteiger partial charge in [-0.05, 0) is 60.2 Å². The summed E-state index contributed by atoms with van der Waals surface area (Å²) in [6.45, 7) is 2.52. The van der Waals surface area contributed by atoms with E-state index < -0.39 is 5.82 Å². The number of aromatic nitrogens is 1. The van der Waals surface area contributed by atoms with Crippen molar-refractivity contribution in [3.05, 3.63) is 71.6 Å². The van der Waals surface area contributed by atoms with Gasteiger partial charge in [0.25, 0.3) is 0 Å². The molecule has 0 atom stereocenters. The van der Waals surface area contributed by atoms with Gasteiger partial charge in [0.15, 0.2) is 17.5 Å². The first-order valence-corrected chi connectivity index (χ1v) is 11.2. The smallest absolute Gasteiger partial charge is 0.191 e. The molecular weight excluding hydrogens is 540 g/mol. The van der Waals surface area contributed by atoms with Gasteiger partial charge in [-0.3, -0.25) is 9.98 Å². The molecule has 170 valence electrons. The fourth-order valence-corrected chi connectivity index (χ4v) is 4.32. The Morgan fingerprint density at radius 2 is 2.09 bits per heavy atom. The van der Waals surface area contributed by atoms with Crippen molar-refractivity contribution in [3.8, 4) is 11.5 Å². The number of piperidine rings is 1. The lowest BCUT2D eigenvalue weighted by atomic mass is 10.1. The number of halogens is 2. The molecule has 2 aromatic heterocycles. The topological polar surface area (TPSA) is 61.8 Å². The maximum Gasteiger partial charge on any atom is 0.191 e. The van der Waals surface area contributed by atoms with Crippen molar-refractivity contribution in [1.82, 2.24) is 15.6 Å². The highest BCUT2D eigenvalue weighted by Gasteiger charge is 2.20. The van der Waals surface area contributed by atoms with E-state index in [0.29, 0.717) is 18.3 Å². The highest BCUT2D eigenvalue weighted by molar-refractivity contribution is 14.0. The Hall–Kier alpha value is -2.40. The van der Waals surface area contributed by atoms with Gasteiger partial charge >= 0.3 is 0 Å². The first kappa shape index (κ1) is 24.2. The van der Waals surface area contributed by atoms with Crippen molar-refractivity contribution in [2.75, 3.05) is 25.0 Å². The molecule has 0 aliphatic carbocycles. The quantitative estimate of drug-likeness (QED) is 0.249. The molecule has 3 heterocycles. The number of aliphatic imine (C=N–C) groups is 1. The number of hydrogen-bond donors (Lipinski definition) is 2. The van der Waals surface area contributed by atoms with Crippen LogP contribution in [0.1, 0.15) is 18.4 Å². The minimum absolute atomic E-state index is 0. The molecule has 1 aromatic carbocycles. The first-order valence-electron chi connectivity index (χ1n) is 10.3. The number of rotatable bonds is 6. The van der Waals surface area contributed by atoms with E-state index >= 15 is 0 Å². The molecular formula is C23H27FIN5OS. The molecule has 3 aromatic rings. The number of anilines is 1. The highest BCUT2D eigenvalue weighted by atomic mass is 127. The Labute approximate surface area is 208 Å². The molecule has 6 nitrogen and oxygen atoms in total. The van der Waals surface area contributed by atoms with Gasteiger partial charge in [0.1, 0.15) is 5.75 Å². The third kappa shape index (κ3) is 6.55. The lowest BCUT2D eigenvalue weighted by molar-refractivity contribution is 0.440. The van der Waals surface area contributed by atoms with Crippen LogP contribution >= 0.6 is 35.3 Å². The summed E-state index contributed by atoms with van der Waals surface area (Å²) in [7, 11) is 1.75. The van der Waals surface area contributed by atoms with Crippen molar-refractivity contribution in [1.29, 1.82) is 0 Å². The third-order valence-electron chi connectivity index (χ3n) is 5.20. The number of thiophene rings is 1. The first-order chi connectivity index (χ1) is 15.2. The summed E-state index contributed by atoms with van der Waals surface area (Å²) in [5.74, 6) is 0.997. The highest BCUT2D eigenvalue weighted by Crippen LogP contribution is 2.25. The van der Waals surface area contributed by atoms with Crippen molar-refractivity contribution in [3.63, 3.8) is 0 Å². The molecule has 0 radical (unpaired) electrons. The standard InChI is InChI=1S/C23H26FN5OS.HI/c1-25-23(28-18-8-11-29(12-9-18)22-5-3-13-31-22)27-15-17-6-7-21(20(24)14-17)30-19-4-2-10-26-16-19;/h2-7,10,13-14,16,18H,8-9,11-12,15H2,1H3,(H2,25,27,28);1H. The Bertz CT molecular complexity index is 995. The maximum atomic E-state index is 14.4. The Morgan fingerprint density at radius 1 is 1.25 bits per heavy atom. The van der Waals surface area contributed by atoms with Crippen LogP contribution in [0.2, 0.25) is 0 Å². The number of hydrogen-bond acceptors (Lipinski definition) is 5. The SMILES string of the molecule is CN=C(NCc1ccc(Oc2cccnc2)c(F)c1)NC1CCN(c2cccs2)CC1.I. The van der Waals surface area contributed by atoms with Crippen LogP contribution in [0, 0.1) is 5.82 Å². The van der Waals surface area contributed by atoms with Gasteiger partial charge in [0.2, 0.25) is 0 Å². The summed E-state index contributed by atoms with van der Waals surface area (Å²) in [6.07, 6.45) is 5.29. The van der Waals surface area contributed by atoms with Gasteiger partial charge < -0.3 is 20.3 Å². The second-order valence-corrected chi connectivity index (χ2v) is 8.26. The molecule has 0 amide bonds. The molecule has 0 unspecified atom stereocenters. The van der Waals surface area contributed by atoms with E-state index in [9.17, 15) is 4.39 Å². The number of nitrogens with one attached hydrogen (secondary N) is 2. The second-order valence-electron chi connectivity index (χ2n) is 7.34. The van der Waals surface area contributed by atoms with E-state index in [1.165, 1.54) is 11.1 Å². The van der Waals surface area contributed by atoms with Crippen LogP contribution in [0.5, 0.6) is 11.5 Å². The summed E-state index contributed by atoms with van der Waals surface area (Å²) >= 11 is 1.78. The predicted octanol–water partition coefficient (Wildman–Crippen LogP) is 5.03. The Balaban J connectivity index is 0.00000289. The molecule has 0 saturated carbocycles. The summed E-state index contributed by atoms with van der Waals surface area (Å²) in [4.78, 5) is 10.7. The fourth-order valence-electron chi connectivity index (χ4n) is 3.54. The summed E-state index contributed by atoms with van der Waals surface area (Å²) in [5.41, 5.74) is 0.812. The van der Waals surface area contributed by atoms with Gasteiger partial charge in [-0.2, -0.15) is 0 Å². The second kappa shape index (κ2) is 12.0. The molecule has 1 saturated heterocycles. The number of guanidine groups is 1. The van der Waals surface area contributed by atoms with Gasteiger partial charge in [0.05, 0.1) is 11.2 Å². The predicted molar refractivity (Wildman–Crippen MR) is 139 cm³/mol. The Morgan fingerprint density at radius 3 is 2.75 bits per heavy atom. The molecule has 1 fully saturated rings. The van der Waals surface area contributed by atoms with E-state index in [2.05, 4.69) is 43.0 Å². The normalized spacial score (nSPS) is 14.6. The molecule has 1 aliphatic rings. The van der Waals surface area contributed by atoms with Crippen molar-refractivity contribution >= 4 is 46.3 Å². The van der Waals surface area contributed by atoms with E-state index in [4.69, 9.17) is 4.74 Å². The van der Waals surface area contributed by atoms with E-state index in [1.54, 1.807) is 49.0 Å². The minimum atomic E-state index is -0.410. The summed E-state index contributed by atoms with van der Waals surface area (Å²) < 4.78 is 20.0. The molecule has 4 rings (SSSR count). The minimum Gasteiger partial charge on any atom is -0.453 e. The van der Waals surface area contributed by atoms with Crippen molar-refractivity contribution in [2.45, 2.75) is 25.4 Å². The zero-order valence-electron chi connectivity index (χ0n) is 17.8. The number of pyridine rings is 1. The van der Waals surface area contributed by atoms with Crippen LogP contribution in [0.4, 0.5) is 9.39 Å². The van der Waals surface area contributed by atoms with Gasteiger partial charge in [0, 0.05) is 38.9 Å². The summed E-state index contributed by atoms with van der Waals surface area (Å²) in [5, 5.41) is 10.2. The number of benzene rings is 1. The average Bonchev–Trinajstić information content (AvgIpc) is 3.34. The molecule has 32 heavy (non-hydrogen) atoms. The molecule has 0 bridgehead atoms. The maximum absolute atomic E-state index is 14.4. The van der Waals surface area contributed by atoms with Gasteiger partial charge in [-0.1, -0.05) is 6.07 Å². The van der Waals surface area contributed by atoms with Gasteiger partial charge in [-0.25, -0.2) is 4.39 Å². The lowest BCUT2D eigenvalue weighted by Gasteiger charge is -2.33. The van der Waals surface area contributed by atoms with E-state index in [0.717, 1.165) is 37.5 Å². The van der Waals surface area contributed by atoms with E-state index in [1.807, 2.05) is 6.07 Å². The van der Waals surface area contributed by atoms with Crippen molar-refractivity contribution in [2.24, 2.45) is 4.99 Å². The van der Waals surface area contributed by atoms with Crippen molar-refractivity contribution < 1.29 is 9.13 Å². The van der Waals surface area contributed by atoms with Crippen LogP contribution in [0.25, 0.3) is 0 Å². The molecule has 9 heteroatoms. The molecule has 2 N–H and O–H groups in total. The monoisotopic (exact) mass is 567 g/mol.